The average molecular weight is 260 g/mol. The number of imidazole rings is 1. The Labute approximate surface area is 112 Å². The lowest BCUT2D eigenvalue weighted by Crippen LogP contribution is -2.41. The zero-order chi connectivity index (χ0) is 13.8. The number of fused-ring (bicyclic) bond motifs is 1. The van der Waals surface area contributed by atoms with Gasteiger partial charge in [0.15, 0.2) is 0 Å². The third-order valence-corrected chi connectivity index (χ3v) is 2.93. The monoisotopic (exact) mass is 260 g/mol. The van der Waals surface area contributed by atoms with E-state index in [2.05, 4.69) is 15.3 Å². The summed E-state index contributed by atoms with van der Waals surface area (Å²) in [5, 5.41) is 2.81. The quantitative estimate of drug-likeness (QED) is 0.762. The van der Waals surface area contributed by atoms with E-state index in [-0.39, 0.29) is 5.91 Å². The molecule has 2 rings (SSSR count). The van der Waals surface area contributed by atoms with Gasteiger partial charge in [0.1, 0.15) is 5.82 Å². The third kappa shape index (κ3) is 3.54. The lowest BCUT2D eigenvalue weighted by Gasteiger charge is -2.13. The molecule has 2 aromatic rings. The maximum Gasteiger partial charge on any atom is 0.237 e. The van der Waals surface area contributed by atoms with Crippen molar-refractivity contribution in [2.24, 2.45) is 11.7 Å². The van der Waals surface area contributed by atoms with Crippen molar-refractivity contribution < 1.29 is 4.79 Å². The van der Waals surface area contributed by atoms with Crippen molar-refractivity contribution >= 4 is 16.9 Å². The predicted molar refractivity (Wildman–Crippen MR) is 75.4 cm³/mol. The summed E-state index contributed by atoms with van der Waals surface area (Å²) in [4.78, 5) is 19.3. The van der Waals surface area contributed by atoms with E-state index in [0.717, 1.165) is 16.9 Å². The molecule has 0 bridgehead atoms. The molecule has 5 heteroatoms. The molecule has 1 aromatic heterocycles. The number of hydrogen-bond donors (Lipinski definition) is 3. The lowest BCUT2D eigenvalue weighted by molar-refractivity contribution is -0.122. The molecule has 1 atom stereocenters. The Morgan fingerprint density at radius 1 is 1.42 bits per heavy atom. The second-order valence-electron chi connectivity index (χ2n) is 5.15. The van der Waals surface area contributed by atoms with Crippen molar-refractivity contribution in [3.05, 3.63) is 30.1 Å². The Morgan fingerprint density at radius 2 is 2.16 bits per heavy atom. The van der Waals surface area contributed by atoms with Gasteiger partial charge in [0.25, 0.3) is 0 Å². The first-order chi connectivity index (χ1) is 9.06. The number of nitrogens with zero attached hydrogens (tertiary/aromatic N) is 1. The van der Waals surface area contributed by atoms with Crippen LogP contribution < -0.4 is 11.1 Å². The first-order valence-corrected chi connectivity index (χ1v) is 6.53. The van der Waals surface area contributed by atoms with Crippen molar-refractivity contribution in [3.8, 4) is 0 Å². The summed E-state index contributed by atoms with van der Waals surface area (Å²) >= 11 is 0. The first-order valence-electron chi connectivity index (χ1n) is 6.53. The van der Waals surface area contributed by atoms with Gasteiger partial charge < -0.3 is 16.0 Å². The number of H-pyrrole nitrogens is 1. The van der Waals surface area contributed by atoms with Crippen molar-refractivity contribution in [1.29, 1.82) is 0 Å². The van der Waals surface area contributed by atoms with E-state index in [9.17, 15) is 4.79 Å². The van der Waals surface area contributed by atoms with Gasteiger partial charge in [-0.05, 0) is 24.5 Å². The molecule has 0 aliphatic carbocycles. The average Bonchev–Trinajstić information content (AvgIpc) is 2.77. The number of carbonyl (C=O) groups is 1. The molecule has 0 fully saturated rings. The molecule has 1 amide bonds. The van der Waals surface area contributed by atoms with Crippen LogP contribution in [0.5, 0.6) is 0 Å². The molecule has 0 radical (unpaired) electrons. The number of para-hydroxylation sites is 2. The van der Waals surface area contributed by atoms with Crippen molar-refractivity contribution in [1.82, 2.24) is 15.3 Å². The van der Waals surface area contributed by atoms with E-state index in [1.54, 1.807) is 0 Å². The molecule has 4 N–H and O–H groups in total. The van der Waals surface area contributed by atoms with Gasteiger partial charge in [0.2, 0.25) is 5.91 Å². The number of nitrogens with one attached hydrogen (secondary N) is 2. The van der Waals surface area contributed by atoms with E-state index in [1.807, 2.05) is 38.1 Å². The fourth-order valence-corrected chi connectivity index (χ4v) is 2.01. The molecule has 0 aliphatic heterocycles. The molecule has 0 saturated carbocycles. The Bertz CT molecular complexity index is 528. The third-order valence-electron chi connectivity index (χ3n) is 2.93. The van der Waals surface area contributed by atoms with Crippen LogP contribution >= 0.6 is 0 Å². The van der Waals surface area contributed by atoms with Gasteiger partial charge in [-0.15, -0.1) is 0 Å². The summed E-state index contributed by atoms with van der Waals surface area (Å²) in [5.41, 5.74) is 7.69. The van der Waals surface area contributed by atoms with Crippen LogP contribution in [0.15, 0.2) is 24.3 Å². The summed E-state index contributed by atoms with van der Waals surface area (Å²) in [5.74, 6) is 1.02. The first kappa shape index (κ1) is 13.5. The summed E-state index contributed by atoms with van der Waals surface area (Å²) in [6.45, 7) is 4.47. The molecule has 0 saturated heterocycles. The van der Waals surface area contributed by atoms with Gasteiger partial charge in [-0.3, -0.25) is 4.79 Å². The van der Waals surface area contributed by atoms with E-state index in [0.29, 0.717) is 18.9 Å². The molecular weight excluding hydrogens is 240 g/mol. The minimum absolute atomic E-state index is 0.130. The highest BCUT2D eigenvalue weighted by Gasteiger charge is 2.14. The van der Waals surface area contributed by atoms with Crippen LogP contribution in [0.4, 0.5) is 0 Å². The highest BCUT2D eigenvalue weighted by atomic mass is 16.2. The summed E-state index contributed by atoms with van der Waals surface area (Å²) in [7, 11) is 0. The van der Waals surface area contributed by atoms with Gasteiger partial charge in [0, 0.05) is 0 Å². The lowest BCUT2D eigenvalue weighted by atomic mass is 10.0. The van der Waals surface area contributed by atoms with Crippen LogP contribution in [0.2, 0.25) is 0 Å². The van der Waals surface area contributed by atoms with Gasteiger partial charge >= 0.3 is 0 Å². The summed E-state index contributed by atoms with van der Waals surface area (Å²) in [6.07, 6.45) is 0.686. The van der Waals surface area contributed by atoms with Gasteiger partial charge in [-0.25, -0.2) is 4.98 Å². The van der Waals surface area contributed by atoms with Crippen molar-refractivity contribution in [2.75, 3.05) is 0 Å². The molecule has 1 heterocycles. The van der Waals surface area contributed by atoms with Gasteiger partial charge in [-0.1, -0.05) is 26.0 Å². The van der Waals surface area contributed by atoms with Crippen LogP contribution in [0.3, 0.4) is 0 Å². The molecular formula is C14H20N4O. The molecule has 0 unspecified atom stereocenters. The number of nitrogens with two attached hydrogens (primary N) is 1. The second kappa shape index (κ2) is 5.84. The summed E-state index contributed by atoms with van der Waals surface area (Å²) in [6, 6.07) is 7.31. The number of amides is 1. The number of aromatic nitrogens is 2. The van der Waals surface area contributed by atoms with Crippen molar-refractivity contribution in [3.63, 3.8) is 0 Å². The molecule has 0 aliphatic rings. The highest BCUT2D eigenvalue weighted by Crippen LogP contribution is 2.10. The highest BCUT2D eigenvalue weighted by molar-refractivity contribution is 5.81. The topological polar surface area (TPSA) is 83.8 Å². The van der Waals surface area contributed by atoms with Crippen LogP contribution in [0.25, 0.3) is 11.0 Å². The fraction of sp³-hybridized carbons (Fsp3) is 0.429. The number of carbonyl (C=O) groups excluding carboxylic acids is 1. The summed E-state index contributed by atoms with van der Waals surface area (Å²) < 4.78 is 0. The Morgan fingerprint density at radius 3 is 2.84 bits per heavy atom. The van der Waals surface area contributed by atoms with E-state index in [4.69, 9.17) is 5.73 Å². The van der Waals surface area contributed by atoms with Crippen LogP contribution in [0.1, 0.15) is 26.1 Å². The molecule has 19 heavy (non-hydrogen) atoms. The number of rotatable bonds is 5. The van der Waals surface area contributed by atoms with Crippen molar-refractivity contribution in [2.45, 2.75) is 32.9 Å². The number of hydrogen-bond acceptors (Lipinski definition) is 3. The number of benzene rings is 1. The molecule has 1 aromatic carbocycles. The zero-order valence-corrected chi connectivity index (χ0v) is 11.3. The smallest absolute Gasteiger partial charge is 0.237 e. The number of aromatic amines is 1. The van der Waals surface area contributed by atoms with Crippen LogP contribution in [0, 0.1) is 5.92 Å². The van der Waals surface area contributed by atoms with Crippen LogP contribution in [-0.4, -0.2) is 21.9 Å². The largest absolute Gasteiger partial charge is 0.348 e. The fourth-order valence-electron chi connectivity index (χ4n) is 2.01. The SMILES string of the molecule is CC(C)C[C@H](N)C(=O)NCc1nc2ccccc2[nH]1. The van der Waals surface area contributed by atoms with E-state index >= 15 is 0 Å². The van der Waals surface area contributed by atoms with Gasteiger partial charge in [0.05, 0.1) is 23.6 Å². The second-order valence-corrected chi connectivity index (χ2v) is 5.15. The zero-order valence-electron chi connectivity index (χ0n) is 11.3. The molecule has 5 nitrogen and oxygen atoms in total. The normalized spacial score (nSPS) is 12.8. The maximum atomic E-state index is 11.8. The Balaban J connectivity index is 1.93. The Kier molecular flexibility index (Phi) is 4.16. The predicted octanol–water partition coefficient (Wildman–Crippen LogP) is 1.55. The molecule has 0 spiro atoms. The van der Waals surface area contributed by atoms with Gasteiger partial charge in [-0.2, -0.15) is 0 Å². The molecule has 102 valence electrons. The minimum atomic E-state index is -0.454. The van der Waals surface area contributed by atoms with E-state index in [1.165, 1.54) is 0 Å². The Hall–Kier alpha value is -1.88. The van der Waals surface area contributed by atoms with Crippen LogP contribution in [-0.2, 0) is 11.3 Å². The maximum absolute atomic E-state index is 11.8. The minimum Gasteiger partial charge on any atom is -0.348 e. The standard InChI is InChI=1S/C14H20N4O/c1-9(2)7-10(15)14(19)16-8-13-17-11-5-3-4-6-12(11)18-13/h3-6,9-10H,7-8,15H2,1-2H3,(H,16,19)(H,17,18)/t10-/m0/s1. The van der Waals surface area contributed by atoms with E-state index < -0.39 is 6.04 Å².